The van der Waals surface area contributed by atoms with Gasteiger partial charge in [-0.2, -0.15) is 0 Å². The van der Waals surface area contributed by atoms with Crippen molar-refractivity contribution in [2.45, 2.75) is 4.21 Å². The van der Waals surface area contributed by atoms with Crippen molar-refractivity contribution in [2.75, 3.05) is 0 Å². The fourth-order valence-electron chi connectivity index (χ4n) is 1.10. The lowest BCUT2D eigenvalue weighted by Crippen LogP contribution is -1.82. The van der Waals surface area contributed by atoms with E-state index < -0.39 is 11.1 Å². The molecular formula is C8H4ClO2S2-. The molecule has 13 heavy (non-hydrogen) atoms. The summed E-state index contributed by atoms with van der Waals surface area (Å²) < 4.78 is 22.5. The van der Waals surface area contributed by atoms with E-state index in [1.807, 2.05) is 24.3 Å². The Morgan fingerprint density at radius 2 is 2.08 bits per heavy atom. The number of hydrogen-bond acceptors (Lipinski definition) is 3. The van der Waals surface area contributed by atoms with E-state index in [2.05, 4.69) is 0 Å². The summed E-state index contributed by atoms with van der Waals surface area (Å²) in [6, 6.07) is 7.35. The van der Waals surface area contributed by atoms with Crippen LogP contribution in [-0.2, 0) is 11.1 Å². The van der Waals surface area contributed by atoms with Crippen LogP contribution in [0.5, 0.6) is 0 Å². The van der Waals surface area contributed by atoms with E-state index in [9.17, 15) is 8.76 Å². The van der Waals surface area contributed by atoms with Gasteiger partial charge >= 0.3 is 0 Å². The number of hydrogen-bond donors (Lipinski definition) is 0. The van der Waals surface area contributed by atoms with Gasteiger partial charge in [0.05, 0.1) is 9.23 Å². The zero-order chi connectivity index (χ0) is 9.42. The van der Waals surface area contributed by atoms with E-state index in [0.29, 0.717) is 5.02 Å². The summed E-state index contributed by atoms with van der Waals surface area (Å²) in [7, 11) is 0. The summed E-state index contributed by atoms with van der Waals surface area (Å²) in [5.74, 6) is 0. The summed E-state index contributed by atoms with van der Waals surface area (Å²) in [4.78, 5) is 0. The molecule has 1 aromatic carbocycles. The highest BCUT2D eigenvalue weighted by molar-refractivity contribution is 7.82. The van der Waals surface area contributed by atoms with Crippen molar-refractivity contribution >= 4 is 44.1 Å². The molecule has 68 valence electrons. The maximum Gasteiger partial charge on any atom is 0.0970 e. The van der Waals surface area contributed by atoms with E-state index in [1.54, 1.807) is 0 Å². The zero-order valence-corrected chi connectivity index (χ0v) is 8.71. The molecule has 0 amide bonds. The number of fused-ring (bicyclic) bond motifs is 1. The van der Waals surface area contributed by atoms with Gasteiger partial charge in [0.25, 0.3) is 0 Å². The zero-order valence-electron chi connectivity index (χ0n) is 6.32. The minimum Gasteiger partial charge on any atom is -0.768 e. The minimum absolute atomic E-state index is 0.211. The van der Waals surface area contributed by atoms with Gasteiger partial charge in [-0.15, -0.1) is 11.3 Å². The molecule has 0 saturated carbocycles. The normalized spacial score (nSPS) is 13.4. The van der Waals surface area contributed by atoms with E-state index in [0.717, 1.165) is 10.1 Å². The average molecular weight is 232 g/mol. The summed E-state index contributed by atoms with van der Waals surface area (Å²) >= 11 is 4.82. The van der Waals surface area contributed by atoms with Crippen LogP contribution in [0.2, 0.25) is 5.02 Å². The maximum atomic E-state index is 10.7. The van der Waals surface area contributed by atoms with Crippen molar-refractivity contribution in [3.8, 4) is 0 Å². The molecule has 0 saturated heterocycles. The molecule has 0 radical (unpaired) electrons. The van der Waals surface area contributed by atoms with Gasteiger partial charge in [0, 0.05) is 10.1 Å². The van der Waals surface area contributed by atoms with Gasteiger partial charge in [-0.1, -0.05) is 29.8 Å². The Morgan fingerprint density at radius 1 is 1.38 bits per heavy atom. The Balaban J connectivity index is 2.81. The quantitative estimate of drug-likeness (QED) is 0.708. The van der Waals surface area contributed by atoms with E-state index in [1.165, 1.54) is 11.3 Å². The molecule has 2 nitrogen and oxygen atoms in total. The maximum absolute atomic E-state index is 10.7. The molecule has 2 rings (SSSR count). The molecule has 1 heterocycles. The topological polar surface area (TPSA) is 40.1 Å². The van der Waals surface area contributed by atoms with Crippen LogP contribution in [0, 0.1) is 0 Å². The highest BCUT2D eigenvalue weighted by Crippen LogP contribution is 2.36. The van der Waals surface area contributed by atoms with E-state index in [-0.39, 0.29) is 4.21 Å². The molecule has 0 spiro atoms. The molecule has 2 aromatic rings. The lowest BCUT2D eigenvalue weighted by Gasteiger charge is -1.99. The second kappa shape index (κ2) is 3.38. The predicted octanol–water partition coefficient (Wildman–Crippen LogP) is 2.79. The van der Waals surface area contributed by atoms with Gasteiger partial charge in [-0.05, 0) is 17.1 Å². The second-order valence-corrected chi connectivity index (χ2v) is 5.00. The third kappa shape index (κ3) is 1.50. The van der Waals surface area contributed by atoms with Gasteiger partial charge in [-0.3, -0.25) is 4.21 Å². The third-order valence-electron chi connectivity index (χ3n) is 1.66. The Bertz CT molecular complexity index is 478. The van der Waals surface area contributed by atoms with Gasteiger partial charge in [-0.25, -0.2) is 0 Å². The molecule has 5 heteroatoms. The van der Waals surface area contributed by atoms with Gasteiger partial charge in [0.15, 0.2) is 0 Å². The van der Waals surface area contributed by atoms with Crippen LogP contribution >= 0.6 is 22.9 Å². The van der Waals surface area contributed by atoms with Gasteiger partial charge in [0.1, 0.15) is 0 Å². The first-order valence-corrected chi connectivity index (χ1v) is 5.73. The first-order valence-electron chi connectivity index (χ1n) is 3.46. The first-order chi connectivity index (χ1) is 6.20. The molecule has 1 atom stereocenters. The van der Waals surface area contributed by atoms with Crippen molar-refractivity contribution in [1.82, 2.24) is 0 Å². The Morgan fingerprint density at radius 3 is 2.69 bits per heavy atom. The van der Waals surface area contributed by atoms with Crippen LogP contribution in [0.3, 0.4) is 0 Å². The number of rotatable bonds is 1. The van der Waals surface area contributed by atoms with Crippen LogP contribution in [0.4, 0.5) is 0 Å². The fraction of sp³-hybridized carbons (Fsp3) is 0. The number of benzene rings is 1. The number of thiophene rings is 1. The minimum atomic E-state index is -2.24. The summed E-state index contributed by atoms with van der Waals surface area (Å²) in [6.45, 7) is 0. The van der Waals surface area contributed by atoms with Crippen LogP contribution < -0.4 is 0 Å². The molecular weight excluding hydrogens is 228 g/mol. The molecule has 0 fully saturated rings. The monoisotopic (exact) mass is 231 g/mol. The Labute approximate surface area is 86.4 Å². The average Bonchev–Trinajstić information content (AvgIpc) is 2.45. The summed E-state index contributed by atoms with van der Waals surface area (Å²) in [6.07, 6.45) is 0. The van der Waals surface area contributed by atoms with Crippen LogP contribution in [0.25, 0.3) is 10.1 Å². The third-order valence-corrected chi connectivity index (χ3v) is 4.40. The van der Waals surface area contributed by atoms with Crippen LogP contribution in [0.1, 0.15) is 0 Å². The summed E-state index contributed by atoms with van der Waals surface area (Å²) in [5.41, 5.74) is 0. The van der Waals surface area contributed by atoms with Crippen LogP contribution in [0.15, 0.2) is 28.5 Å². The molecule has 0 aliphatic rings. The fourth-order valence-corrected chi connectivity index (χ4v) is 3.25. The van der Waals surface area contributed by atoms with Crippen molar-refractivity contribution in [2.24, 2.45) is 0 Å². The first kappa shape index (κ1) is 9.15. The largest absolute Gasteiger partial charge is 0.768 e. The molecule has 0 aliphatic heterocycles. The highest BCUT2D eigenvalue weighted by Gasteiger charge is 2.09. The van der Waals surface area contributed by atoms with Crippen molar-refractivity contribution in [1.29, 1.82) is 0 Å². The lowest BCUT2D eigenvalue weighted by molar-refractivity contribution is 0.539. The van der Waals surface area contributed by atoms with Crippen molar-refractivity contribution in [3.63, 3.8) is 0 Å². The van der Waals surface area contributed by atoms with E-state index >= 15 is 0 Å². The number of halogens is 1. The SMILES string of the molecule is O=S([O-])c1sc2ccccc2c1Cl. The second-order valence-electron chi connectivity index (χ2n) is 2.43. The smallest absolute Gasteiger partial charge is 0.0970 e. The van der Waals surface area contributed by atoms with Gasteiger partial charge < -0.3 is 4.55 Å². The molecule has 1 aromatic heterocycles. The van der Waals surface area contributed by atoms with Crippen molar-refractivity contribution in [3.05, 3.63) is 29.3 Å². The molecule has 0 bridgehead atoms. The van der Waals surface area contributed by atoms with Crippen molar-refractivity contribution < 1.29 is 8.76 Å². The molecule has 1 unspecified atom stereocenters. The molecule has 0 N–H and O–H groups in total. The standard InChI is InChI=1S/C8H5ClO2S2/c9-7-5-3-1-2-4-6(5)12-8(7)13(10)11/h1-4H,(H,10,11)/p-1. The lowest BCUT2D eigenvalue weighted by atomic mass is 10.3. The Hall–Kier alpha value is -0.420. The van der Waals surface area contributed by atoms with Crippen LogP contribution in [-0.4, -0.2) is 8.76 Å². The van der Waals surface area contributed by atoms with Gasteiger partial charge in [0.2, 0.25) is 0 Å². The summed E-state index contributed by atoms with van der Waals surface area (Å²) in [5, 5.41) is 1.13. The molecule has 0 aliphatic carbocycles. The predicted molar refractivity (Wildman–Crippen MR) is 54.0 cm³/mol. The Kier molecular flexibility index (Phi) is 2.38. The highest BCUT2D eigenvalue weighted by atomic mass is 35.5. The van der Waals surface area contributed by atoms with E-state index in [4.69, 9.17) is 11.6 Å².